The summed E-state index contributed by atoms with van der Waals surface area (Å²) in [5, 5.41) is 2.97. The van der Waals surface area contributed by atoms with E-state index in [1.807, 2.05) is 0 Å². The second-order valence-electron chi connectivity index (χ2n) is 5.67. The summed E-state index contributed by atoms with van der Waals surface area (Å²) < 4.78 is 0. The summed E-state index contributed by atoms with van der Waals surface area (Å²) in [6.45, 7) is 3.54. The fourth-order valence-corrected chi connectivity index (χ4v) is 2.81. The van der Waals surface area contributed by atoms with Crippen molar-refractivity contribution in [3.05, 3.63) is 65.2 Å². The van der Waals surface area contributed by atoms with E-state index in [9.17, 15) is 4.79 Å². The lowest BCUT2D eigenvalue weighted by Crippen LogP contribution is -2.37. The predicted molar refractivity (Wildman–Crippen MR) is 95.9 cm³/mol. The van der Waals surface area contributed by atoms with Crippen LogP contribution >= 0.6 is 12.4 Å². The van der Waals surface area contributed by atoms with Gasteiger partial charge in [-0.2, -0.15) is 0 Å². The molecule has 0 bridgehead atoms. The number of nitrogen functional groups attached to an aromatic ring is 1. The molecule has 0 aromatic heterocycles. The van der Waals surface area contributed by atoms with Gasteiger partial charge in [0.05, 0.1) is 0 Å². The standard InChI is InChI=1S/C18H21N3O.ClH/c19-17-7-5-15(6-8-17)18(22)20-10-12-21-11-9-14-3-1-2-4-16(14)13-21;/h1-8H,9-13,19H2,(H,20,22);1H. The van der Waals surface area contributed by atoms with Crippen molar-refractivity contribution in [2.75, 3.05) is 25.4 Å². The van der Waals surface area contributed by atoms with Crippen LogP contribution in [0.25, 0.3) is 0 Å². The van der Waals surface area contributed by atoms with Gasteiger partial charge in [0.1, 0.15) is 0 Å². The number of rotatable bonds is 4. The highest BCUT2D eigenvalue weighted by molar-refractivity contribution is 5.94. The van der Waals surface area contributed by atoms with Crippen molar-refractivity contribution in [3.8, 4) is 0 Å². The number of hydrogen-bond donors (Lipinski definition) is 2. The van der Waals surface area contributed by atoms with Gasteiger partial charge in [0.15, 0.2) is 0 Å². The van der Waals surface area contributed by atoms with Crippen LogP contribution in [-0.4, -0.2) is 30.4 Å². The van der Waals surface area contributed by atoms with E-state index in [-0.39, 0.29) is 18.3 Å². The number of amides is 1. The highest BCUT2D eigenvalue weighted by Gasteiger charge is 2.15. The smallest absolute Gasteiger partial charge is 0.251 e. The van der Waals surface area contributed by atoms with Gasteiger partial charge in [-0.05, 0) is 41.8 Å². The molecule has 1 aliphatic heterocycles. The molecule has 3 N–H and O–H groups in total. The van der Waals surface area contributed by atoms with E-state index in [4.69, 9.17) is 5.73 Å². The summed E-state index contributed by atoms with van der Waals surface area (Å²) in [6.07, 6.45) is 1.09. The van der Waals surface area contributed by atoms with E-state index in [1.165, 1.54) is 11.1 Å². The van der Waals surface area contributed by atoms with E-state index in [0.29, 0.717) is 17.8 Å². The lowest BCUT2D eigenvalue weighted by atomic mass is 10.00. The Labute approximate surface area is 143 Å². The molecule has 0 spiro atoms. The molecule has 3 rings (SSSR count). The van der Waals surface area contributed by atoms with Crippen LogP contribution in [0.1, 0.15) is 21.5 Å². The van der Waals surface area contributed by atoms with E-state index < -0.39 is 0 Å². The van der Waals surface area contributed by atoms with Gasteiger partial charge in [0, 0.05) is 37.4 Å². The summed E-state index contributed by atoms with van der Waals surface area (Å²) in [5.74, 6) is -0.0441. The predicted octanol–water partition coefficient (Wildman–Crippen LogP) is 2.48. The topological polar surface area (TPSA) is 58.4 Å². The number of nitrogens with two attached hydrogens (primary N) is 1. The van der Waals surface area contributed by atoms with Crippen molar-refractivity contribution < 1.29 is 4.79 Å². The number of fused-ring (bicyclic) bond motifs is 1. The minimum Gasteiger partial charge on any atom is -0.399 e. The van der Waals surface area contributed by atoms with E-state index in [2.05, 4.69) is 34.5 Å². The molecule has 122 valence electrons. The molecule has 5 heteroatoms. The second kappa shape index (κ2) is 7.99. The lowest BCUT2D eigenvalue weighted by molar-refractivity contribution is 0.0947. The highest BCUT2D eigenvalue weighted by Crippen LogP contribution is 2.17. The molecular formula is C18H22ClN3O. The van der Waals surface area contributed by atoms with E-state index in [1.54, 1.807) is 24.3 Å². The molecule has 0 aliphatic carbocycles. The third-order valence-electron chi connectivity index (χ3n) is 4.10. The summed E-state index contributed by atoms with van der Waals surface area (Å²) in [7, 11) is 0. The van der Waals surface area contributed by atoms with Crippen LogP contribution in [0, 0.1) is 0 Å². The van der Waals surface area contributed by atoms with Crippen molar-refractivity contribution in [1.82, 2.24) is 10.2 Å². The first-order chi connectivity index (χ1) is 10.7. The number of halogens is 1. The van der Waals surface area contributed by atoms with Crippen LogP contribution in [0.15, 0.2) is 48.5 Å². The Kier molecular flexibility index (Phi) is 6.02. The molecule has 2 aromatic rings. The van der Waals surface area contributed by atoms with Crippen LogP contribution in [0.5, 0.6) is 0 Å². The quantitative estimate of drug-likeness (QED) is 0.846. The molecule has 0 atom stereocenters. The van der Waals surface area contributed by atoms with Gasteiger partial charge in [-0.15, -0.1) is 12.4 Å². The Hall–Kier alpha value is -2.04. The molecule has 0 unspecified atom stereocenters. The number of hydrogen-bond acceptors (Lipinski definition) is 3. The summed E-state index contributed by atoms with van der Waals surface area (Å²) in [4.78, 5) is 14.4. The molecule has 0 saturated carbocycles. The van der Waals surface area contributed by atoms with Crippen molar-refractivity contribution in [2.45, 2.75) is 13.0 Å². The Bertz CT molecular complexity index is 658. The van der Waals surface area contributed by atoms with Crippen LogP contribution in [0.4, 0.5) is 5.69 Å². The Morgan fingerprint density at radius 2 is 1.78 bits per heavy atom. The van der Waals surface area contributed by atoms with Gasteiger partial charge >= 0.3 is 0 Å². The maximum absolute atomic E-state index is 12.0. The minimum atomic E-state index is -0.0441. The first-order valence-corrected chi connectivity index (χ1v) is 7.65. The largest absolute Gasteiger partial charge is 0.399 e. The Balaban J connectivity index is 0.00000192. The lowest BCUT2D eigenvalue weighted by Gasteiger charge is -2.28. The van der Waals surface area contributed by atoms with Crippen molar-refractivity contribution >= 4 is 24.0 Å². The molecule has 0 saturated heterocycles. The van der Waals surface area contributed by atoms with Gasteiger partial charge in [0.25, 0.3) is 5.91 Å². The van der Waals surface area contributed by atoms with Crippen LogP contribution in [-0.2, 0) is 13.0 Å². The normalized spacial score (nSPS) is 13.7. The zero-order valence-corrected chi connectivity index (χ0v) is 13.8. The molecule has 1 aliphatic rings. The Morgan fingerprint density at radius 1 is 1.09 bits per heavy atom. The molecule has 2 aromatic carbocycles. The molecule has 23 heavy (non-hydrogen) atoms. The highest BCUT2D eigenvalue weighted by atomic mass is 35.5. The third kappa shape index (κ3) is 4.47. The first kappa shape index (κ1) is 17.3. The summed E-state index contributed by atoms with van der Waals surface area (Å²) in [5.41, 5.74) is 9.80. The third-order valence-corrected chi connectivity index (χ3v) is 4.10. The molecule has 1 amide bonds. The van der Waals surface area contributed by atoms with Gasteiger partial charge < -0.3 is 11.1 Å². The average Bonchev–Trinajstić information content (AvgIpc) is 2.55. The maximum Gasteiger partial charge on any atom is 0.251 e. The molecule has 0 radical (unpaired) electrons. The monoisotopic (exact) mass is 331 g/mol. The zero-order chi connectivity index (χ0) is 15.4. The zero-order valence-electron chi connectivity index (χ0n) is 13.0. The second-order valence-corrected chi connectivity index (χ2v) is 5.67. The van der Waals surface area contributed by atoms with E-state index >= 15 is 0 Å². The summed E-state index contributed by atoms with van der Waals surface area (Å²) in [6, 6.07) is 15.6. The molecule has 0 fully saturated rings. The SMILES string of the molecule is Cl.Nc1ccc(C(=O)NCCN2CCc3ccccc3C2)cc1. The fraction of sp³-hybridized carbons (Fsp3) is 0.278. The van der Waals surface area contributed by atoms with Crippen molar-refractivity contribution in [3.63, 3.8) is 0 Å². The van der Waals surface area contributed by atoms with E-state index in [0.717, 1.165) is 26.1 Å². The maximum atomic E-state index is 12.0. The van der Waals surface area contributed by atoms with Gasteiger partial charge in [0.2, 0.25) is 0 Å². The van der Waals surface area contributed by atoms with Crippen LogP contribution < -0.4 is 11.1 Å². The van der Waals surface area contributed by atoms with Crippen molar-refractivity contribution in [1.29, 1.82) is 0 Å². The number of nitrogens with one attached hydrogen (secondary N) is 1. The molecule has 4 nitrogen and oxygen atoms in total. The van der Waals surface area contributed by atoms with Gasteiger partial charge in [-0.3, -0.25) is 9.69 Å². The number of nitrogens with zero attached hydrogens (tertiary/aromatic N) is 1. The molecule has 1 heterocycles. The number of carbonyl (C=O) groups is 1. The number of carbonyl (C=O) groups excluding carboxylic acids is 1. The van der Waals surface area contributed by atoms with Crippen LogP contribution in [0.2, 0.25) is 0 Å². The van der Waals surface area contributed by atoms with Crippen LogP contribution in [0.3, 0.4) is 0 Å². The van der Waals surface area contributed by atoms with Gasteiger partial charge in [-0.25, -0.2) is 0 Å². The van der Waals surface area contributed by atoms with Gasteiger partial charge in [-0.1, -0.05) is 24.3 Å². The first-order valence-electron chi connectivity index (χ1n) is 7.65. The average molecular weight is 332 g/mol. The van der Waals surface area contributed by atoms with Crippen molar-refractivity contribution in [2.24, 2.45) is 0 Å². The molecular weight excluding hydrogens is 310 g/mol. The fourth-order valence-electron chi connectivity index (χ4n) is 2.81. The number of benzene rings is 2. The number of anilines is 1. The minimum absolute atomic E-state index is 0. The summed E-state index contributed by atoms with van der Waals surface area (Å²) >= 11 is 0. The Morgan fingerprint density at radius 3 is 2.52 bits per heavy atom.